The molecular weight excluding hydrogens is 364 g/mol. The molecule has 1 aromatic heterocycles. The third-order valence-corrected chi connectivity index (χ3v) is 7.33. The van der Waals surface area contributed by atoms with E-state index in [1.807, 2.05) is 37.5 Å². The third kappa shape index (κ3) is 3.37. The van der Waals surface area contributed by atoms with Crippen LogP contribution >= 0.6 is 11.0 Å². The number of likely N-dealkylation sites (tertiary alicyclic amines) is 1. The number of rotatable bonds is 3. The third-order valence-electron chi connectivity index (χ3n) is 5.23. The Hall–Kier alpha value is -2.25. The van der Waals surface area contributed by atoms with Gasteiger partial charge in [0.2, 0.25) is 0 Å². The maximum absolute atomic E-state index is 11.1. The van der Waals surface area contributed by atoms with Crippen LogP contribution in [0.15, 0.2) is 36.7 Å². The minimum Gasteiger partial charge on any atom is -0.309 e. The molecule has 0 unspecified atom stereocenters. The molecule has 27 heavy (non-hydrogen) atoms. The SMILES string of the molecule is Cn1cc(-c2cccc(N3CCCN([C@@H]4CCN(C#N)C4)S3(O)O)c2)cn1. The zero-order valence-corrected chi connectivity index (χ0v) is 16.1. The Balaban J connectivity index is 1.61. The Labute approximate surface area is 160 Å². The summed E-state index contributed by atoms with van der Waals surface area (Å²) in [5.41, 5.74) is 2.77. The smallest absolute Gasteiger partial charge is 0.179 e. The van der Waals surface area contributed by atoms with E-state index in [2.05, 4.69) is 11.3 Å². The molecule has 0 spiro atoms. The number of benzene rings is 1. The van der Waals surface area contributed by atoms with Crippen molar-refractivity contribution in [2.24, 2.45) is 7.05 Å². The summed E-state index contributed by atoms with van der Waals surface area (Å²) in [6.45, 7) is 2.44. The number of aryl methyl sites for hydroxylation is 1. The second-order valence-electron chi connectivity index (χ2n) is 7.03. The average molecular weight is 388 g/mol. The first-order chi connectivity index (χ1) is 13.0. The van der Waals surface area contributed by atoms with Crippen LogP contribution in [0.2, 0.25) is 0 Å². The van der Waals surface area contributed by atoms with Gasteiger partial charge in [-0.15, -0.1) is 0 Å². The van der Waals surface area contributed by atoms with Crippen molar-refractivity contribution in [2.45, 2.75) is 18.9 Å². The lowest BCUT2D eigenvalue weighted by Crippen LogP contribution is -2.50. The highest BCUT2D eigenvalue weighted by atomic mass is 32.3. The summed E-state index contributed by atoms with van der Waals surface area (Å²) in [5.74, 6) is 0. The van der Waals surface area contributed by atoms with Gasteiger partial charge in [-0.05, 0) is 30.5 Å². The number of hydrogen-bond donors (Lipinski definition) is 2. The maximum atomic E-state index is 11.1. The normalized spacial score (nSPS) is 24.0. The number of anilines is 1. The van der Waals surface area contributed by atoms with Crippen LogP contribution in [-0.4, -0.2) is 60.3 Å². The predicted molar refractivity (Wildman–Crippen MR) is 106 cm³/mol. The summed E-state index contributed by atoms with van der Waals surface area (Å²) in [6, 6.07) is 7.80. The van der Waals surface area contributed by atoms with Gasteiger partial charge in [-0.1, -0.05) is 23.1 Å². The molecule has 0 saturated carbocycles. The Kier molecular flexibility index (Phi) is 4.74. The Bertz CT molecular complexity index is 864. The second-order valence-corrected chi connectivity index (χ2v) is 8.92. The summed E-state index contributed by atoms with van der Waals surface area (Å²) in [7, 11) is -1.24. The van der Waals surface area contributed by atoms with Crippen molar-refractivity contribution < 1.29 is 9.11 Å². The van der Waals surface area contributed by atoms with Crippen LogP contribution < -0.4 is 4.31 Å². The van der Waals surface area contributed by atoms with E-state index in [4.69, 9.17) is 5.26 Å². The molecule has 2 aliphatic rings. The number of nitrogens with zero attached hydrogens (tertiary/aromatic N) is 6. The van der Waals surface area contributed by atoms with Crippen molar-refractivity contribution >= 4 is 16.6 Å². The maximum Gasteiger partial charge on any atom is 0.179 e. The van der Waals surface area contributed by atoms with Gasteiger partial charge < -0.3 is 4.90 Å². The van der Waals surface area contributed by atoms with Gasteiger partial charge in [-0.25, -0.2) is 0 Å². The lowest BCUT2D eigenvalue weighted by atomic mass is 10.1. The van der Waals surface area contributed by atoms with E-state index in [0.717, 1.165) is 29.7 Å². The minimum absolute atomic E-state index is 0.0149. The molecule has 2 aromatic rings. The zero-order chi connectivity index (χ0) is 19.0. The molecule has 2 N–H and O–H groups in total. The fraction of sp³-hybridized carbons (Fsp3) is 0.444. The lowest BCUT2D eigenvalue weighted by Gasteiger charge is -2.55. The molecule has 8 nitrogen and oxygen atoms in total. The summed E-state index contributed by atoms with van der Waals surface area (Å²) in [6.07, 6.45) is 7.52. The van der Waals surface area contributed by atoms with E-state index in [0.29, 0.717) is 26.2 Å². The lowest BCUT2D eigenvalue weighted by molar-refractivity contribution is 0.266. The Morgan fingerprint density at radius 1 is 1.22 bits per heavy atom. The van der Waals surface area contributed by atoms with Gasteiger partial charge in [0, 0.05) is 45.0 Å². The average Bonchev–Trinajstić information content (AvgIpc) is 3.30. The summed E-state index contributed by atoms with van der Waals surface area (Å²) in [5, 5.41) is 13.3. The van der Waals surface area contributed by atoms with Crippen molar-refractivity contribution in [1.82, 2.24) is 19.0 Å². The highest BCUT2D eigenvalue weighted by Gasteiger charge is 2.41. The van der Waals surface area contributed by atoms with Crippen molar-refractivity contribution in [1.29, 1.82) is 5.26 Å². The van der Waals surface area contributed by atoms with E-state index in [1.165, 1.54) is 0 Å². The molecule has 2 aliphatic heterocycles. The Morgan fingerprint density at radius 3 is 2.78 bits per heavy atom. The molecule has 0 radical (unpaired) electrons. The van der Waals surface area contributed by atoms with Crippen molar-refractivity contribution in [2.75, 3.05) is 30.5 Å². The standard InChI is InChI=1S/C18H24N6O2S/c1-21-12-16(11-20-21)15-4-2-5-17(10-15)23-7-3-8-24(27(23,25)26)18-6-9-22(13-18)14-19/h2,4-5,10-12,18,25-26H,3,6-9,13H2,1H3/t18-/m1/s1. The van der Waals surface area contributed by atoms with Crippen LogP contribution in [0.1, 0.15) is 12.8 Å². The molecule has 1 aromatic carbocycles. The van der Waals surface area contributed by atoms with Crippen LogP contribution in [0.4, 0.5) is 5.69 Å². The number of hydrogen-bond acceptors (Lipinski definition) is 7. The molecular formula is C18H24N6O2S. The van der Waals surface area contributed by atoms with Crippen LogP contribution in [-0.2, 0) is 7.05 Å². The summed E-state index contributed by atoms with van der Waals surface area (Å²) < 4.78 is 27.5. The van der Waals surface area contributed by atoms with Crippen molar-refractivity contribution in [3.63, 3.8) is 0 Å². The fourth-order valence-corrected chi connectivity index (χ4v) is 5.84. The topological polar surface area (TPSA) is 91.8 Å². The van der Waals surface area contributed by atoms with E-state index >= 15 is 0 Å². The first-order valence-electron chi connectivity index (χ1n) is 9.05. The molecule has 3 heterocycles. The van der Waals surface area contributed by atoms with E-state index in [9.17, 15) is 9.11 Å². The summed E-state index contributed by atoms with van der Waals surface area (Å²) >= 11 is 0. The van der Waals surface area contributed by atoms with Gasteiger partial charge in [0.1, 0.15) is 0 Å². The monoisotopic (exact) mass is 388 g/mol. The molecule has 9 heteroatoms. The van der Waals surface area contributed by atoms with Crippen LogP contribution in [0.3, 0.4) is 0 Å². The first-order valence-corrected chi connectivity index (χ1v) is 10.5. The molecule has 1 atom stereocenters. The molecule has 2 fully saturated rings. The zero-order valence-electron chi connectivity index (χ0n) is 15.3. The van der Waals surface area contributed by atoms with Gasteiger partial charge in [-0.2, -0.15) is 14.7 Å². The minimum atomic E-state index is -3.12. The van der Waals surface area contributed by atoms with E-state index in [1.54, 1.807) is 24.4 Å². The van der Waals surface area contributed by atoms with Gasteiger partial charge in [0.05, 0.1) is 17.9 Å². The highest BCUT2D eigenvalue weighted by Crippen LogP contribution is 2.54. The van der Waals surface area contributed by atoms with Gasteiger partial charge in [0.25, 0.3) is 0 Å². The predicted octanol–water partition coefficient (Wildman–Crippen LogP) is 2.74. The molecule has 4 rings (SSSR count). The highest BCUT2D eigenvalue weighted by molar-refractivity contribution is 8.23. The quantitative estimate of drug-likeness (QED) is 0.781. The first kappa shape index (κ1) is 18.1. The van der Waals surface area contributed by atoms with Gasteiger partial charge in [-0.3, -0.25) is 18.1 Å². The fourth-order valence-electron chi connectivity index (χ4n) is 3.87. The van der Waals surface area contributed by atoms with Crippen molar-refractivity contribution in [3.8, 4) is 17.3 Å². The number of aromatic nitrogens is 2. The van der Waals surface area contributed by atoms with E-state index < -0.39 is 11.0 Å². The number of nitriles is 1. The van der Waals surface area contributed by atoms with Gasteiger partial charge in [0.15, 0.2) is 6.19 Å². The molecule has 0 aliphatic carbocycles. The molecule has 2 saturated heterocycles. The van der Waals surface area contributed by atoms with Crippen molar-refractivity contribution in [3.05, 3.63) is 36.7 Å². The van der Waals surface area contributed by atoms with Crippen LogP contribution in [0.5, 0.6) is 0 Å². The molecule has 144 valence electrons. The molecule has 0 amide bonds. The van der Waals surface area contributed by atoms with Crippen LogP contribution in [0, 0.1) is 11.5 Å². The molecule has 0 bridgehead atoms. The largest absolute Gasteiger partial charge is 0.309 e. The van der Waals surface area contributed by atoms with Crippen LogP contribution in [0.25, 0.3) is 11.1 Å². The van der Waals surface area contributed by atoms with Gasteiger partial charge >= 0.3 is 0 Å². The Morgan fingerprint density at radius 2 is 2.07 bits per heavy atom. The summed E-state index contributed by atoms with van der Waals surface area (Å²) in [4.78, 5) is 1.68. The second kappa shape index (κ2) is 7.05. The van der Waals surface area contributed by atoms with E-state index in [-0.39, 0.29) is 6.04 Å².